The van der Waals surface area contributed by atoms with Gasteiger partial charge in [0.15, 0.2) is 21.0 Å². The Morgan fingerprint density at radius 2 is 2.11 bits per heavy atom. The van der Waals surface area contributed by atoms with Crippen molar-refractivity contribution in [3.63, 3.8) is 0 Å². The van der Waals surface area contributed by atoms with Crippen LogP contribution in [0.3, 0.4) is 0 Å². The number of rotatable bonds is 4. The summed E-state index contributed by atoms with van der Waals surface area (Å²) in [7, 11) is -3.17. The molecule has 2 aromatic heterocycles. The summed E-state index contributed by atoms with van der Waals surface area (Å²) in [5.74, 6) is -0.536. The molecule has 1 aliphatic heterocycles. The van der Waals surface area contributed by atoms with E-state index in [0.29, 0.717) is 17.4 Å². The van der Waals surface area contributed by atoms with E-state index in [0.717, 1.165) is 10.4 Å². The highest BCUT2D eigenvalue weighted by molar-refractivity contribution is 7.91. The van der Waals surface area contributed by atoms with Gasteiger partial charge in [0.25, 0.3) is 5.91 Å². The molecule has 0 radical (unpaired) electrons. The topological polar surface area (TPSA) is 84.7 Å². The zero-order valence-electron chi connectivity index (χ0n) is 15.3. The number of thiophene rings is 1. The predicted molar refractivity (Wildman–Crippen MR) is 108 cm³/mol. The Morgan fingerprint density at radius 1 is 1.29 bits per heavy atom. The third kappa shape index (κ3) is 3.74. The molecule has 1 aliphatic rings. The molecule has 0 unspecified atom stereocenters. The van der Waals surface area contributed by atoms with Gasteiger partial charge in [-0.05, 0) is 36.9 Å². The van der Waals surface area contributed by atoms with E-state index < -0.39 is 21.8 Å². The molecule has 146 valence electrons. The molecule has 4 rings (SSSR count). The van der Waals surface area contributed by atoms with Gasteiger partial charge < -0.3 is 9.32 Å². The Balaban J connectivity index is 1.73. The van der Waals surface area contributed by atoms with E-state index in [4.69, 9.17) is 4.42 Å². The number of aryl methyl sites for hydroxylation is 1. The van der Waals surface area contributed by atoms with Crippen LogP contribution in [0.5, 0.6) is 0 Å². The van der Waals surface area contributed by atoms with Gasteiger partial charge in [0.1, 0.15) is 5.58 Å². The fourth-order valence-corrected chi connectivity index (χ4v) is 5.91. The number of amides is 1. The summed E-state index contributed by atoms with van der Waals surface area (Å²) in [6, 6.07) is 9.76. The van der Waals surface area contributed by atoms with Crippen LogP contribution in [0.25, 0.3) is 11.0 Å². The average Bonchev–Trinajstić information content (AvgIpc) is 3.28. The second-order valence-corrected chi connectivity index (χ2v) is 10.3. The average molecular weight is 418 g/mol. The lowest BCUT2D eigenvalue weighted by Crippen LogP contribution is -2.40. The Labute approximate surface area is 166 Å². The highest BCUT2D eigenvalue weighted by Gasteiger charge is 2.36. The third-order valence-corrected chi connectivity index (χ3v) is 7.52. The molecule has 0 aliphatic carbocycles. The van der Waals surface area contributed by atoms with Crippen molar-refractivity contribution in [3.05, 3.63) is 68.2 Å². The molecule has 1 aromatic carbocycles. The monoisotopic (exact) mass is 417 g/mol. The number of hydrogen-bond donors (Lipinski definition) is 0. The van der Waals surface area contributed by atoms with Crippen LogP contribution < -0.4 is 5.43 Å². The highest BCUT2D eigenvalue weighted by Crippen LogP contribution is 2.24. The van der Waals surface area contributed by atoms with Crippen LogP contribution in [0.4, 0.5) is 0 Å². The molecule has 1 atom stereocenters. The van der Waals surface area contributed by atoms with Crippen LogP contribution in [0, 0.1) is 6.92 Å². The maximum atomic E-state index is 13.2. The molecule has 0 spiro atoms. The maximum Gasteiger partial charge on any atom is 0.290 e. The predicted octanol–water partition coefficient (Wildman–Crippen LogP) is 2.99. The summed E-state index contributed by atoms with van der Waals surface area (Å²) in [5.41, 5.74) is 0.981. The summed E-state index contributed by atoms with van der Waals surface area (Å²) >= 11 is 1.49. The summed E-state index contributed by atoms with van der Waals surface area (Å²) in [4.78, 5) is 28.2. The quantitative estimate of drug-likeness (QED) is 0.652. The van der Waals surface area contributed by atoms with Gasteiger partial charge in [0.05, 0.1) is 23.4 Å². The van der Waals surface area contributed by atoms with Gasteiger partial charge in [-0.1, -0.05) is 17.7 Å². The van der Waals surface area contributed by atoms with Gasteiger partial charge in [-0.2, -0.15) is 0 Å². The maximum absolute atomic E-state index is 13.2. The van der Waals surface area contributed by atoms with Crippen molar-refractivity contribution in [2.45, 2.75) is 25.9 Å². The van der Waals surface area contributed by atoms with Crippen LogP contribution >= 0.6 is 11.3 Å². The smallest absolute Gasteiger partial charge is 0.290 e. The van der Waals surface area contributed by atoms with E-state index in [1.807, 2.05) is 30.5 Å². The molecule has 6 nitrogen and oxygen atoms in total. The molecule has 0 saturated carbocycles. The number of fused-ring (bicyclic) bond motifs is 1. The van der Waals surface area contributed by atoms with Crippen LogP contribution in [-0.4, -0.2) is 36.8 Å². The number of nitrogens with zero attached hydrogens (tertiary/aromatic N) is 1. The summed E-state index contributed by atoms with van der Waals surface area (Å²) in [6.07, 6.45) is 0.385. The second-order valence-electron chi connectivity index (χ2n) is 7.04. The van der Waals surface area contributed by atoms with Gasteiger partial charge in [0, 0.05) is 17.0 Å². The van der Waals surface area contributed by atoms with Crippen molar-refractivity contribution in [2.24, 2.45) is 0 Å². The van der Waals surface area contributed by atoms with Gasteiger partial charge >= 0.3 is 0 Å². The Kier molecular flexibility index (Phi) is 4.84. The fourth-order valence-electron chi connectivity index (χ4n) is 3.48. The SMILES string of the molecule is Cc1ccc2oc(C(=O)N(Cc3cccs3)[C@@H]3CCS(=O)(=O)C3)cc(=O)c2c1. The standard InChI is InChI=1S/C20H19NO5S2/c1-13-4-5-18-16(9-13)17(22)10-19(26-18)20(23)21(11-15-3-2-7-27-15)14-6-8-28(24,25)12-14/h2-5,7,9-10,14H,6,8,11-12H2,1H3/t14-/m1/s1. The normalized spacial score (nSPS) is 18.4. The van der Waals surface area contributed by atoms with Crippen molar-refractivity contribution >= 4 is 38.1 Å². The Morgan fingerprint density at radius 3 is 2.79 bits per heavy atom. The molecule has 8 heteroatoms. The van der Waals surface area contributed by atoms with Gasteiger partial charge in [-0.15, -0.1) is 11.3 Å². The molecular formula is C20H19NO5S2. The summed E-state index contributed by atoms with van der Waals surface area (Å²) in [6.45, 7) is 2.16. The van der Waals surface area contributed by atoms with E-state index in [2.05, 4.69) is 0 Å². The largest absolute Gasteiger partial charge is 0.451 e. The first-order valence-corrected chi connectivity index (χ1v) is 11.6. The summed E-state index contributed by atoms with van der Waals surface area (Å²) in [5, 5.41) is 2.33. The van der Waals surface area contributed by atoms with Crippen molar-refractivity contribution in [1.29, 1.82) is 0 Å². The second kappa shape index (κ2) is 7.18. The van der Waals surface area contributed by atoms with Crippen LogP contribution in [0.15, 0.2) is 51.0 Å². The number of benzene rings is 1. The molecule has 0 N–H and O–H groups in total. The fraction of sp³-hybridized carbons (Fsp3) is 0.300. The third-order valence-electron chi connectivity index (χ3n) is 4.91. The van der Waals surface area contributed by atoms with Crippen LogP contribution in [0.1, 0.15) is 27.4 Å². The molecule has 3 aromatic rings. The van der Waals surface area contributed by atoms with Crippen molar-refractivity contribution in [1.82, 2.24) is 4.90 Å². The lowest BCUT2D eigenvalue weighted by Gasteiger charge is -2.27. The Bertz CT molecular complexity index is 1200. The van der Waals surface area contributed by atoms with Gasteiger partial charge in [0.2, 0.25) is 0 Å². The molecule has 28 heavy (non-hydrogen) atoms. The van der Waals surface area contributed by atoms with E-state index >= 15 is 0 Å². The molecule has 1 saturated heterocycles. The Hall–Kier alpha value is -2.45. The van der Waals surface area contributed by atoms with Crippen LogP contribution in [0.2, 0.25) is 0 Å². The van der Waals surface area contributed by atoms with Crippen LogP contribution in [-0.2, 0) is 16.4 Å². The lowest BCUT2D eigenvalue weighted by molar-refractivity contribution is 0.0651. The minimum absolute atomic E-state index is 0.0623. The zero-order valence-corrected chi connectivity index (χ0v) is 16.9. The molecular weight excluding hydrogens is 398 g/mol. The van der Waals surface area contributed by atoms with E-state index in [1.165, 1.54) is 22.3 Å². The number of hydrogen-bond acceptors (Lipinski definition) is 6. The molecule has 3 heterocycles. The van der Waals surface area contributed by atoms with Crippen molar-refractivity contribution in [2.75, 3.05) is 11.5 Å². The zero-order chi connectivity index (χ0) is 19.9. The van der Waals surface area contributed by atoms with Gasteiger partial charge in [-0.25, -0.2) is 8.42 Å². The summed E-state index contributed by atoms with van der Waals surface area (Å²) < 4.78 is 29.7. The minimum atomic E-state index is -3.17. The first-order chi connectivity index (χ1) is 13.3. The first kappa shape index (κ1) is 18.9. The number of carbonyl (C=O) groups is 1. The minimum Gasteiger partial charge on any atom is -0.451 e. The lowest BCUT2D eigenvalue weighted by atomic mass is 10.1. The van der Waals surface area contributed by atoms with E-state index in [9.17, 15) is 18.0 Å². The van der Waals surface area contributed by atoms with Crippen molar-refractivity contribution < 1.29 is 17.6 Å². The van der Waals surface area contributed by atoms with E-state index in [1.54, 1.807) is 12.1 Å². The number of carbonyl (C=O) groups excluding carboxylic acids is 1. The van der Waals surface area contributed by atoms with Crippen molar-refractivity contribution in [3.8, 4) is 0 Å². The van der Waals surface area contributed by atoms with Gasteiger partial charge in [-0.3, -0.25) is 9.59 Å². The number of sulfone groups is 1. The first-order valence-electron chi connectivity index (χ1n) is 8.91. The van der Waals surface area contributed by atoms with E-state index in [-0.39, 0.29) is 29.2 Å². The molecule has 1 amide bonds. The molecule has 1 fully saturated rings. The highest BCUT2D eigenvalue weighted by atomic mass is 32.2. The molecule has 0 bridgehead atoms.